The van der Waals surface area contributed by atoms with Crippen molar-refractivity contribution in [3.8, 4) is 11.5 Å². The molecule has 0 spiro atoms. The van der Waals surface area contributed by atoms with Gasteiger partial charge in [0.15, 0.2) is 5.11 Å². The molecule has 4 rings (SSSR count). The summed E-state index contributed by atoms with van der Waals surface area (Å²) in [5.41, 5.74) is 2.05. The van der Waals surface area contributed by atoms with Crippen LogP contribution < -0.4 is 10.1 Å². The van der Waals surface area contributed by atoms with Crippen molar-refractivity contribution in [2.24, 2.45) is 0 Å². The van der Waals surface area contributed by atoms with Crippen LogP contribution in [-0.2, 0) is 6.54 Å². The molecule has 3 aromatic carbocycles. The molecule has 1 aliphatic rings. The van der Waals surface area contributed by atoms with Gasteiger partial charge in [-0.25, -0.2) is 0 Å². The fraction of sp³-hybridized carbons (Fsp3) is 0.240. The first-order valence-electron chi connectivity index (χ1n) is 10.3. The maximum Gasteiger partial charge on any atom is 0.173 e. The average molecular weight is 437 g/mol. The minimum Gasteiger partial charge on any atom is -0.457 e. The molecule has 0 atom stereocenters. The molecule has 1 N–H and O–H groups in total. The summed E-state index contributed by atoms with van der Waals surface area (Å²) >= 11 is 12.2. The second-order valence-electron chi connectivity index (χ2n) is 7.53. The van der Waals surface area contributed by atoms with Crippen molar-refractivity contribution >= 4 is 34.6 Å². The Morgan fingerprint density at radius 1 is 0.900 bits per heavy atom. The van der Waals surface area contributed by atoms with Crippen molar-refractivity contribution in [1.82, 2.24) is 4.90 Å². The molecule has 154 valence electrons. The summed E-state index contributed by atoms with van der Waals surface area (Å²) in [5.74, 6) is 1.61. The van der Waals surface area contributed by atoms with Gasteiger partial charge in [-0.3, -0.25) is 0 Å². The van der Waals surface area contributed by atoms with E-state index in [0.29, 0.717) is 12.6 Å². The molecule has 1 saturated carbocycles. The van der Waals surface area contributed by atoms with Crippen LogP contribution in [-0.4, -0.2) is 16.1 Å². The van der Waals surface area contributed by atoms with Crippen LogP contribution in [0.4, 0.5) is 5.69 Å². The quantitative estimate of drug-likeness (QED) is 0.410. The van der Waals surface area contributed by atoms with E-state index in [4.69, 9.17) is 28.6 Å². The Balaban J connectivity index is 1.44. The molecule has 5 heteroatoms. The molecule has 0 bridgehead atoms. The van der Waals surface area contributed by atoms with E-state index in [9.17, 15) is 0 Å². The minimum atomic E-state index is 0.446. The van der Waals surface area contributed by atoms with Crippen LogP contribution in [0.2, 0.25) is 5.02 Å². The smallest absolute Gasteiger partial charge is 0.173 e. The molecule has 3 nitrogen and oxygen atoms in total. The van der Waals surface area contributed by atoms with E-state index in [1.54, 1.807) is 0 Å². The first-order chi connectivity index (χ1) is 14.7. The van der Waals surface area contributed by atoms with Gasteiger partial charge in [0.1, 0.15) is 11.5 Å². The summed E-state index contributed by atoms with van der Waals surface area (Å²) in [5, 5.41) is 4.93. The monoisotopic (exact) mass is 436 g/mol. The third-order valence-electron chi connectivity index (χ3n) is 5.41. The molecule has 0 unspecified atom stereocenters. The molecule has 30 heavy (non-hydrogen) atoms. The lowest BCUT2D eigenvalue weighted by atomic mass is 10.1. The number of hydrogen-bond donors (Lipinski definition) is 1. The summed E-state index contributed by atoms with van der Waals surface area (Å²) in [6, 6.07) is 26.1. The molecule has 0 aliphatic heterocycles. The number of benzene rings is 3. The third kappa shape index (κ3) is 5.32. The highest BCUT2D eigenvalue weighted by atomic mass is 35.5. The number of anilines is 1. The average Bonchev–Trinajstić information content (AvgIpc) is 3.30. The molecular weight excluding hydrogens is 412 g/mol. The van der Waals surface area contributed by atoms with Crippen molar-refractivity contribution in [3.63, 3.8) is 0 Å². The number of para-hydroxylation sites is 1. The van der Waals surface area contributed by atoms with Gasteiger partial charge in [-0.1, -0.05) is 60.8 Å². The molecule has 1 fully saturated rings. The standard InChI is InChI=1S/C25H25ClN2OS/c26-24-13-7-4-8-19(24)18-28(21-9-5-6-10-21)25(30)27-20-14-16-23(17-15-20)29-22-11-2-1-3-12-22/h1-4,7-8,11-17,21H,5-6,9-10,18H2,(H,27,30). The minimum absolute atomic E-state index is 0.446. The van der Waals surface area contributed by atoms with E-state index >= 15 is 0 Å². The highest BCUT2D eigenvalue weighted by Crippen LogP contribution is 2.28. The van der Waals surface area contributed by atoms with E-state index < -0.39 is 0 Å². The number of hydrogen-bond acceptors (Lipinski definition) is 2. The van der Waals surface area contributed by atoms with Gasteiger partial charge in [0.25, 0.3) is 0 Å². The van der Waals surface area contributed by atoms with E-state index in [1.165, 1.54) is 12.8 Å². The van der Waals surface area contributed by atoms with Gasteiger partial charge in [0, 0.05) is 23.3 Å². The van der Waals surface area contributed by atoms with Gasteiger partial charge in [0.05, 0.1) is 0 Å². The van der Waals surface area contributed by atoms with Crippen molar-refractivity contribution < 1.29 is 4.74 Å². The lowest BCUT2D eigenvalue weighted by Crippen LogP contribution is -2.41. The SMILES string of the molecule is S=C(Nc1ccc(Oc2ccccc2)cc1)N(Cc1ccccc1Cl)C1CCCC1. The fourth-order valence-corrected chi connectivity index (χ4v) is 4.35. The van der Waals surface area contributed by atoms with Gasteiger partial charge in [-0.2, -0.15) is 0 Å². The topological polar surface area (TPSA) is 24.5 Å². The van der Waals surface area contributed by atoms with E-state index in [0.717, 1.165) is 45.7 Å². The zero-order chi connectivity index (χ0) is 20.8. The third-order valence-corrected chi connectivity index (χ3v) is 6.11. The maximum atomic E-state index is 6.42. The number of thiocarbonyl (C=S) groups is 1. The van der Waals surface area contributed by atoms with Crippen molar-refractivity contribution in [2.45, 2.75) is 38.3 Å². The first-order valence-corrected chi connectivity index (χ1v) is 11.1. The second-order valence-corrected chi connectivity index (χ2v) is 8.32. The zero-order valence-electron chi connectivity index (χ0n) is 16.8. The summed E-state index contributed by atoms with van der Waals surface area (Å²) in [6.07, 6.45) is 4.82. The van der Waals surface area contributed by atoms with Crippen molar-refractivity contribution in [3.05, 3.63) is 89.4 Å². The zero-order valence-corrected chi connectivity index (χ0v) is 18.3. The molecule has 0 heterocycles. The molecule has 0 aromatic heterocycles. The lowest BCUT2D eigenvalue weighted by Gasteiger charge is -2.32. The van der Waals surface area contributed by atoms with Crippen LogP contribution in [0.5, 0.6) is 11.5 Å². The second kappa shape index (κ2) is 9.96. The number of nitrogens with zero attached hydrogens (tertiary/aromatic N) is 1. The van der Waals surface area contributed by atoms with Crippen LogP contribution in [0.25, 0.3) is 0 Å². The summed E-state index contributed by atoms with van der Waals surface area (Å²) in [6.45, 7) is 0.714. The Kier molecular flexibility index (Phi) is 6.88. The summed E-state index contributed by atoms with van der Waals surface area (Å²) in [7, 11) is 0. The molecule has 0 radical (unpaired) electrons. The molecule has 0 amide bonds. The predicted octanol–water partition coefficient (Wildman–Crippen LogP) is 7.27. The summed E-state index contributed by atoms with van der Waals surface area (Å²) in [4.78, 5) is 2.29. The molecule has 0 saturated heterocycles. The normalized spacial score (nSPS) is 13.8. The predicted molar refractivity (Wildman–Crippen MR) is 128 cm³/mol. The Hall–Kier alpha value is -2.56. The first kappa shape index (κ1) is 20.7. The van der Waals surface area contributed by atoms with E-state index in [-0.39, 0.29) is 0 Å². The maximum absolute atomic E-state index is 6.42. The number of nitrogens with one attached hydrogen (secondary N) is 1. The number of rotatable bonds is 6. The van der Waals surface area contributed by atoms with Crippen LogP contribution in [0.15, 0.2) is 78.9 Å². The van der Waals surface area contributed by atoms with Gasteiger partial charge in [-0.15, -0.1) is 0 Å². The van der Waals surface area contributed by atoms with E-state index in [1.807, 2.05) is 72.8 Å². The highest BCUT2D eigenvalue weighted by Gasteiger charge is 2.25. The summed E-state index contributed by atoms with van der Waals surface area (Å²) < 4.78 is 5.87. The molecular formula is C25H25ClN2OS. The Morgan fingerprint density at radius 2 is 1.53 bits per heavy atom. The highest BCUT2D eigenvalue weighted by molar-refractivity contribution is 7.80. The Morgan fingerprint density at radius 3 is 2.23 bits per heavy atom. The number of halogens is 1. The largest absolute Gasteiger partial charge is 0.457 e. The van der Waals surface area contributed by atoms with Gasteiger partial charge in [-0.05, 0) is 73.1 Å². The Labute approximate surface area is 188 Å². The van der Waals surface area contributed by atoms with Crippen LogP contribution in [0.1, 0.15) is 31.2 Å². The Bertz CT molecular complexity index is 972. The van der Waals surface area contributed by atoms with E-state index in [2.05, 4.69) is 16.3 Å². The van der Waals surface area contributed by atoms with Gasteiger partial charge < -0.3 is 15.0 Å². The fourth-order valence-electron chi connectivity index (χ4n) is 3.82. The number of ether oxygens (including phenoxy) is 1. The van der Waals surface area contributed by atoms with Crippen LogP contribution >= 0.6 is 23.8 Å². The van der Waals surface area contributed by atoms with Gasteiger partial charge in [0.2, 0.25) is 0 Å². The van der Waals surface area contributed by atoms with Crippen LogP contribution in [0.3, 0.4) is 0 Å². The van der Waals surface area contributed by atoms with Crippen LogP contribution in [0, 0.1) is 0 Å². The molecule has 1 aliphatic carbocycles. The lowest BCUT2D eigenvalue weighted by molar-refractivity contribution is 0.312. The van der Waals surface area contributed by atoms with Crippen molar-refractivity contribution in [1.29, 1.82) is 0 Å². The molecule has 3 aromatic rings. The van der Waals surface area contributed by atoms with Gasteiger partial charge >= 0.3 is 0 Å². The van der Waals surface area contributed by atoms with Crippen molar-refractivity contribution in [2.75, 3.05) is 5.32 Å².